The molecule has 1 aliphatic heterocycles. The average molecular weight is 384 g/mol. The average Bonchev–Trinajstić information content (AvgIpc) is 2.44. The zero-order valence-electron chi connectivity index (χ0n) is 11.8. The first-order chi connectivity index (χ1) is 9.56. The molecule has 0 spiro atoms. The van der Waals surface area contributed by atoms with Gasteiger partial charge in [0.15, 0.2) is 6.79 Å². The molecule has 1 aromatic rings. The fourth-order valence-electron chi connectivity index (χ4n) is 1.82. The molecule has 0 atom stereocenters. The Bertz CT molecular complexity index is 601. The van der Waals surface area contributed by atoms with Gasteiger partial charge >= 0.3 is 0 Å². The predicted octanol–water partition coefficient (Wildman–Crippen LogP) is 3.53. The molecule has 0 saturated heterocycles. The molecular formula is C15H14ClFNO2Y-. The van der Waals surface area contributed by atoms with E-state index in [1.54, 1.807) is 30.2 Å². The van der Waals surface area contributed by atoms with E-state index in [9.17, 15) is 4.39 Å². The van der Waals surface area contributed by atoms with Crippen molar-refractivity contribution in [3.8, 4) is 5.75 Å². The monoisotopic (exact) mass is 383 g/mol. The molecule has 0 unspecified atom stereocenters. The van der Waals surface area contributed by atoms with E-state index < -0.39 is 5.82 Å². The summed E-state index contributed by atoms with van der Waals surface area (Å²) in [6.45, 7) is 3.88. The first kappa shape index (κ1) is 18.4. The summed E-state index contributed by atoms with van der Waals surface area (Å²) in [7, 11) is 3.24. The molecule has 1 radical (unpaired) electrons. The molecule has 1 heterocycles. The minimum atomic E-state index is -0.410. The van der Waals surface area contributed by atoms with Gasteiger partial charge in [0.1, 0.15) is 0 Å². The zero-order chi connectivity index (χ0) is 14.7. The first-order valence-corrected chi connectivity index (χ1v) is 6.26. The third-order valence-corrected chi connectivity index (χ3v) is 3.22. The Kier molecular flexibility index (Phi) is 7.08. The largest absolute Gasteiger partial charge is 0.480 e. The van der Waals surface area contributed by atoms with Gasteiger partial charge in [0.05, 0.1) is 11.6 Å². The number of methoxy groups -OCH3 is 1. The van der Waals surface area contributed by atoms with Crippen molar-refractivity contribution in [2.75, 3.05) is 21.0 Å². The van der Waals surface area contributed by atoms with Crippen LogP contribution in [0.15, 0.2) is 41.6 Å². The van der Waals surface area contributed by atoms with Gasteiger partial charge in [0.2, 0.25) is 0 Å². The summed E-state index contributed by atoms with van der Waals surface area (Å²) >= 11 is 5.98. The third-order valence-electron chi connectivity index (χ3n) is 2.90. The van der Waals surface area contributed by atoms with Crippen LogP contribution in [0.4, 0.5) is 4.39 Å². The summed E-state index contributed by atoms with van der Waals surface area (Å²) in [5.41, 5.74) is 1.37. The Morgan fingerprint density at radius 1 is 1.43 bits per heavy atom. The molecule has 109 valence electrons. The summed E-state index contributed by atoms with van der Waals surface area (Å²) in [6.07, 6.45) is 4.51. The van der Waals surface area contributed by atoms with Gasteiger partial charge < -0.3 is 14.4 Å². The van der Waals surface area contributed by atoms with Crippen LogP contribution in [0.3, 0.4) is 0 Å². The topological polar surface area (TPSA) is 21.7 Å². The fourth-order valence-corrected chi connectivity index (χ4v) is 2.01. The van der Waals surface area contributed by atoms with E-state index in [1.165, 1.54) is 13.2 Å². The third kappa shape index (κ3) is 3.95. The van der Waals surface area contributed by atoms with Crippen molar-refractivity contribution < 1.29 is 46.6 Å². The van der Waals surface area contributed by atoms with Crippen LogP contribution in [0.25, 0.3) is 5.70 Å². The van der Waals surface area contributed by atoms with Crippen molar-refractivity contribution in [1.82, 2.24) is 4.90 Å². The van der Waals surface area contributed by atoms with Gasteiger partial charge in [0.25, 0.3) is 0 Å². The van der Waals surface area contributed by atoms with E-state index >= 15 is 0 Å². The summed E-state index contributed by atoms with van der Waals surface area (Å²) in [5, 5.41) is 0.465. The number of ether oxygens (including phenoxy) is 2. The fraction of sp³-hybridized carbons (Fsp3) is 0.200. The van der Waals surface area contributed by atoms with E-state index in [0.717, 1.165) is 0 Å². The minimum absolute atomic E-state index is 0. The first-order valence-electron chi connectivity index (χ1n) is 5.89. The van der Waals surface area contributed by atoms with Crippen molar-refractivity contribution in [3.05, 3.63) is 59.0 Å². The molecule has 1 aromatic carbocycles. The number of rotatable bonds is 4. The predicted molar refractivity (Wildman–Crippen MR) is 76.4 cm³/mol. The van der Waals surface area contributed by atoms with Gasteiger partial charge in [-0.15, -0.1) is 0 Å². The molecule has 0 amide bonds. The smallest absolute Gasteiger partial charge is 0.187 e. The van der Waals surface area contributed by atoms with Gasteiger partial charge in [-0.3, -0.25) is 0 Å². The van der Waals surface area contributed by atoms with Crippen molar-refractivity contribution >= 4 is 17.3 Å². The molecule has 0 fully saturated rings. The Morgan fingerprint density at radius 2 is 2.14 bits per heavy atom. The number of likely N-dealkylation sites (N-methyl/N-ethyl adjacent to an activating group) is 1. The second-order valence-corrected chi connectivity index (χ2v) is 4.56. The Balaban J connectivity index is 0.00000220. The van der Waals surface area contributed by atoms with E-state index in [4.69, 9.17) is 21.1 Å². The van der Waals surface area contributed by atoms with Gasteiger partial charge in [-0.1, -0.05) is 18.3 Å². The van der Waals surface area contributed by atoms with E-state index in [0.29, 0.717) is 27.7 Å². The normalized spacial score (nSPS) is 14.3. The maximum atomic E-state index is 14.2. The van der Waals surface area contributed by atoms with Gasteiger partial charge in [-0.25, -0.2) is 4.39 Å². The van der Waals surface area contributed by atoms with Crippen LogP contribution in [-0.2, 0) is 37.4 Å². The van der Waals surface area contributed by atoms with Gasteiger partial charge in [0, 0.05) is 46.9 Å². The quantitative estimate of drug-likeness (QED) is 0.586. The zero-order valence-corrected chi connectivity index (χ0v) is 15.4. The standard InChI is InChI=1S/C15H14ClFNO2.Y/c1-10-11(16)7-8-13(18(10)2)15-12(17)5-4-6-14(15)20-9-19-3;/h4-7H,1,9H2,2-3H3;/q-1;. The molecule has 6 heteroatoms. The SMILES string of the molecule is C=C1C(Cl)=C[C-]=C(c2c(F)cccc2OCOC)N1C.[Y]. The van der Waals surface area contributed by atoms with Crippen LogP contribution in [0.1, 0.15) is 5.56 Å². The number of benzene rings is 1. The molecular weight excluding hydrogens is 370 g/mol. The summed E-state index contributed by atoms with van der Waals surface area (Å²) in [5.74, 6) is -0.0346. The summed E-state index contributed by atoms with van der Waals surface area (Å²) < 4.78 is 24.4. The Morgan fingerprint density at radius 3 is 2.81 bits per heavy atom. The molecule has 0 N–H and O–H groups in total. The van der Waals surface area contributed by atoms with Crippen LogP contribution in [0, 0.1) is 11.9 Å². The molecule has 21 heavy (non-hydrogen) atoms. The van der Waals surface area contributed by atoms with Crippen LogP contribution < -0.4 is 4.74 Å². The summed E-state index contributed by atoms with van der Waals surface area (Å²) in [6, 6.07) is 4.60. The molecule has 0 aliphatic carbocycles. The number of halogens is 2. The maximum Gasteiger partial charge on any atom is 0.187 e. The van der Waals surface area contributed by atoms with Crippen molar-refractivity contribution in [2.24, 2.45) is 0 Å². The molecule has 0 aromatic heterocycles. The summed E-state index contributed by atoms with van der Waals surface area (Å²) in [4.78, 5) is 1.67. The number of allylic oxidation sites excluding steroid dienone is 3. The molecule has 1 aliphatic rings. The molecule has 0 saturated carbocycles. The van der Waals surface area contributed by atoms with Crippen molar-refractivity contribution in [1.29, 1.82) is 0 Å². The second-order valence-electron chi connectivity index (χ2n) is 4.15. The van der Waals surface area contributed by atoms with E-state index in [2.05, 4.69) is 12.7 Å². The maximum absolute atomic E-state index is 14.2. The van der Waals surface area contributed by atoms with Gasteiger partial charge in [-0.2, -0.15) is 23.8 Å². The Labute approximate surface area is 153 Å². The van der Waals surface area contributed by atoms with Crippen LogP contribution >= 0.6 is 11.6 Å². The van der Waals surface area contributed by atoms with E-state index in [1.807, 2.05) is 0 Å². The van der Waals surface area contributed by atoms with Gasteiger partial charge in [-0.05, 0) is 28.4 Å². The number of hydrogen-bond acceptors (Lipinski definition) is 3. The minimum Gasteiger partial charge on any atom is -0.480 e. The van der Waals surface area contributed by atoms with Crippen LogP contribution in [0.2, 0.25) is 0 Å². The second kappa shape index (κ2) is 8.09. The molecule has 2 rings (SSSR count). The molecule has 0 bridgehead atoms. The Hall–Kier alpha value is -0.676. The number of nitrogens with zero attached hydrogens (tertiary/aromatic N) is 1. The van der Waals surface area contributed by atoms with E-state index in [-0.39, 0.29) is 39.5 Å². The van der Waals surface area contributed by atoms with Crippen molar-refractivity contribution in [3.63, 3.8) is 0 Å². The van der Waals surface area contributed by atoms with Crippen molar-refractivity contribution in [2.45, 2.75) is 0 Å². The van der Waals surface area contributed by atoms with Crippen LogP contribution in [0.5, 0.6) is 5.75 Å². The number of hydrogen-bond donors (Lipinski definition) is 0. The molecule has 3 nitrogen and oxygen atoms in total. The van der Waals surface area contributed by atoms with Crippen LogP contribution in [-0.4, -0.2) is 25.9 Å².